The number of rotatable bonds is 5. The largest absolute Gasteiger partial charge is 0.497 e. The molecule has 0 amide bonds. The zero-order chi connectivity index (χ0) is 20.3. The first-order chi connectivity index (χ1) is 13.4. The van der Waals surface area contributed by atoms with Crippen molar-refractivity contribution < 1.29 is 4.74 Å². The van der Waals surface area contributed by atoms with Gasteiger partial charge in [0.15, 0.2) is 5.11 Å². The van der Waals surface area contributed by atoms with E-state index in [1.807, 2.05) is 42.2 Å². The minimum absolute atomic E-state index is 0.0851. The summed E-state index contributed by atoms with van der Waals surface area (Å²) in [6, 6.07) is 14.0. The van der Waals surface area contributed by atoms with Crippen LogP contribution in [0.15, 0.2) is 47.3 Å². The number of methoxy groups -OCH3 is 1. The van der Waals surface area contributed by atoms with Crippen LogP contribution in [-0.4, -0.2) is 29.2 Å². The van der Waals surface area contributed by atoms with Gasteiger partial charge in [-0.1, -0.05) is 23.8 Å². The molecule has 0 spiro atoms. The van der Waals surface area contributed by atoms with Gasteiger partial charge >= 0.3 is 0 Å². The lowest BCUT2D eigenvalue weighted by Gasteiger charge is -2.25. The number of aromatic nitrogens is 1. The monoisotopic (exact) mass is 395 g/mol. The molecule has 5 nitrogen and oxygen atoms in total. The predicted molar refractivity (Wildman–Crippen MR) is 118 cm³/mol. The average Bonchev–Trinajstić information content (AvgIpc) is 2.68. The quantitative estimate of drug-likeness (QED) is 0.646. The maximum absolute atomic E-state index is 12.7. The van der Waals surface area contributed by atoms with Crippen LogP contribution in [-0.2, 0) is 13.1 Å². The van der Waals surface area contributed by atoms with Crippen LogP contribution in [0.2, 0.25) is 0 Å². The lowest BCUT2D eigenvalue weighted by atomic mass is 10.1. The summed E-state index contributed by atoms with van der Waals surface area (Å²) in [6.45, 7) is 5.08. The van der Waals surface area contributed by atoms with Crippen molar-refractivity contribution in [3.63, 3.8) is 0 Å². The first-order valence-corrected chi connectivity index (χ1v) is 9.55. The highest BCUT2D eigenvalue weighted by Gasteiger charge is 2.14. The van der Waals surface area contributed by atoms with Gasteiger partial charge in [-0.25, -0.2) is 0 Å². The number of H-pyrrole nitrogens is 1. The summed E-state index contributed by atoms with van der Waals surface area (Å²) < 4.78 is 5.22. The average molecular weight is 396 g/mol. The number of ether oxygens (including phenoxy) is 1. The number of thiocarbonyl (C=S) groups is 1. The Bertz CT molecular complexity index is 1060. The van der Waals surface area contributed by atoms with E-state index in [2.05, 4.69) is 29.4 Å². The van der Waals surface area contributed by atoms with E-state index in [4.69, 9.17) is 17.0 Å². The number of hydrogen-bond acceptors (Lipinski definition) is 3. The SMILES string of the molecule is CNC(=S)N(Cc1ccc(OC)cc1)Cc1cc2cc(C)cc(C)c2[nH]c1=O. The number of nitrogens with one attached hydrogen (secondary N) is 2. The van der Waals surface area contributed by atoms with Crippen molar-refractivity contribution in [2.75, 3.05) is 14.2 Å². The van der Waals surface area contributed by atoms with Crippen molar-refractivity contribution in [2.24, 2.45) is 0 Å². The van der Waals surface area contributed by atoms with Crippen LogP contribution in [0.4, 0.5) is 0 Å². The van der Waals surface area contributed by atoms with Crippen LogP contribution >= 0.6 is 12.2 Å². The van der Waals surface area contributed by atoms with Crippen LogP contribution in [0.5, 0.6) is 5.75 Å². The molecule has 0 unspecified atom stereocenters. The zero-order valence-corrected chi connectivity index (χ0v) is 17.4. The molecule has 0 bridgehead atoms. The molecule has 0 saturated carbocycles. The Morgan fingerprint density at radius 3 is 2.50 bits per heavy atom. The van der Waals surface area contributed by atoms with E-state index in [1.165, 1.54) is 5.56 Å². The molecule has 0 fully saturated rings. The van der Waals surface area contributed by atoms with Gasteiger partial charge in [-0.3, -0.25) is 4.79 Å². The smallest absolute Gasteiger partial charge is 0.253 e. The summed E-state index contributed by atoms with van der Waals surface area (Å²) in [7, 11) is 3.44. The van der Waals surface area contributed by atoms with E-state index in [9.17, 15) is 4.79 Å². The van der Waals surface area contributed by atoms with Gasteiger partial charge in [-0.2, -0.15) is 0 Å². The van der Waals surface area contributed by atoms with Crippen molar-refractivity contribution >= 4 is 28.2 Å². The van der Waals surface area contributed by atoms with E-state index in [-0.39, 0.29) is 5.56 Å². The molecule has 0 aliphatic heterocycles. The number of pyridine rings is 1. The molecule has 1 aromatic heterocycles. The molecule has 3 aromatic rings. The molecular weight excluding hydrogens is 370 g/mol. The van der Waals surface area contributed by atoms with Crippen molar-refractivity contribution in [2.45, 2.75) is 26.9 Å². The van der Waals surface area contributed by atoms with Crippen molar-refractivity contribution in [3.8, 4) is 5.75 Å². The molecule has 3 rings (SSSR count). The Labute approximate surface area is 170 Å². The van der Waals surface area contributed by atoms with Gasteiger partial charge < -0.3 is 19.9 Å². The Balaban J connectivity index is 1.92. The molecule has 146 valence electrons. The highest BCUT2D eigenvalue weighted by molar-refractivity contribution is 7.80. The third-order valence-electron chi connectivity index (χ3n) is 4.77. The van der Waals surface area contributed by atoms with Crippen LogP contribution in [0.25, 0.3) is 10.9 Å². The van der Waals surface area contributed by atoms with E-state index in [0.29, 0.717) is 23.8 Å². The lowest BCUT2D eigenvalue weighted by molar-refractivity contribution is 0.398. The summed E-state index contributed by atoms with van der Waals surface area (Å²) in [5.41, 5.74) is 4.81. The van der Waals surface area contributed by atoms with Crippen molar-refractivity contribution in [1.29, 1.82) is 0 Å². The molecular formula is C22H25N3O2S. The fraction of sp³-hybridized carbons (Fsp3) is 0.273. The second kappa shape index (κ2) is 8.44. The van der Waals surface area contributed by atoms with Gasteiger partial charge in [0.1, 0.15) is 5.75 Å². The third-order valence-corrected chi connectivity index (χ3v) is 5.23. The fourth-order valence-electron chi connectivity index (χ4n) is 3.36. The highest BCUT2D eigenvalue weighted by Crippen LogP contribution is 2.19. The second-order valence-electron chi connectivity index (χ2n) is 6.93. The molecule has 0 aliphatic rings. The Morgan fingerprint density at radius 2 is 1.86 bits per heavy atom. The standard InChI is InChI=1S/C22H25N3O2S/c1-14-9-15(2)20-17(10-14)11-18(21(26)24-20)13-25(22(28)23-3)12-16-5-7-19(27-4)8-6-16/h5-11H,12-13H2,1-4H3,(H,23,28)(H,24,26). The number of nitrogens with zero attached hydrogens (tertiary/aromatic N) is 1. The summed E-state index contributed by atoms with van der Waals surface area (Å²) in [6.07, 6.45) is 0. The normalized spacial score (nSPS) is 10.7. The third kappa shape index (κ3) is 4.34. The van der Waals surface area contributed by atoms with Crippen molar-refractivity contribution in [1.82, 2.24) is 15.2 Å². The second-order valence-corrected chi connectivity index (χ2v) is 7.32. The molecule has 0 atom stereocenters. The Kier molecular flexibility index (Phi) is 5.99. The number of fused-ring (bicyclic) bond motifs is 1. The van der Waals surface area contributed by atoms with Crippen LogP contribution in [0, 0.1) is 13.8 Å². The van der Waals surface area contributed by atoms with Gasteiger partial charge in [-0.05, 0) is 66.8 Å². The molecule has 6 heteroatoms. The molecule has 2 N–H and O–H groups in total. The van der Waals surface area contributed by atoms with Gasteiger partial charge in [0, 0.05) is 19.2 Å². The molecule has 0 aliphatic carbocycles. The molecule has 0 saturated heterocycles. The minimum Gasteiger partial charge on any atom is -0.497 e. The molecule has 0 radical (unpaired) electrons. The maximum atomic E-state index is 12.7. The van der Waals surface area contributed by atoms with E-state index in [0.717, 1.165) is 27.8 Å². The topological polar surface area (TPSA) is 57.4 Å². The Hall–Kier alpha value is -2.86. The molecule has 1 heterocycles. The number of aryl methyl sites for hydroxylation is 2. The summed E-state index contributed by atoms with van der Waals surface area (Å²) in [5.74, 6) is 0.809. The lowest BCUT2D eigenvalue weighted by Crippen LogP contribution is -2.38. The summed E-state index contributed by atoms with van der Waals surface area (Å²) in [5, 5.41) is 4.65. The number of aromatic amines is 1. The van der Waals surface area contributed by atoms with E-state index in [1.54, 1.807) is 14.2 Å². The minimum atomic E-state index is -0.0851. The predicted octanol–water partition coefficient (Wildman–Crippen LogP) is 3.66. The van der Waals surface area contributed by atoms with Gasteiger partial charge in [0.05, 0.1) is 19.2 Å². The molecule has 28 heavy (non-hydrogen) atoms. The van der Waals surface area contributed by atoms with Gasteiger partial charge in [0.25, 0.3) is 5.56 Å². The first-order valence-electron chi connectivity index (χ1n) is 9.14. The fourth-order valence-corrected chi connectivity index (χ4v) is 3.49. The number of benzene rings is 2. The summed E-state index contributed by atoms with van der Waals surface area (Å²) in [4.78, 5) is 17.7. The first kappa shape index (κ1) is 19.9. The van der Waals surface area contributed by atoms with Crippen LogP contribution in [0.1, 0.15) is 22.3 Å². The van der Waals surface area contributed by atoms with Crippen LogP contribution < -0.4 is 15.6 Å². The van der Waals surface area contributed by atoms with E-state index < -0.39 is 0 Å². The highest BCUT2D eigenvalue weighted by atomic mass is 32.1. The number of hydrogen-bond donors (Lipinski definition) is 2. The van der Waals surface area contributed by atoms with Crippen molar-refractivity contribution in [3.05, 3.63) is 75.1 Å². The van der Waals surface area contributed by atoms with E-state index >= 15 is 0 Å². The molecule has 2 aromatic carbocycles. The summed E-state index contributed by atoms with van der Waals surface area (Å²) >= 11 is 5.48. The maximum Gasteiger partial charge on any atom is 0.253 e. The van der Waals surface area contributed by atoms with Crippen LogP contribution in [0.3, 0.4) is 0 Å². The van der Waals surface area contributed by atoms with Gasteiger partial charge in [-0.15, -0.1) is 0 Å². The van der Waals surface area contributed by atoms with Gasteiger partial charge in [0.2, 0.25) is 0 Å². The Morgan fingerprint density at radius 1 is 1.14 bits per heavy atom. The zero-order valence-electron chi connectivity index (χ0n) is 16.6.